The zero-order valence-electron chi connectivity index (χ0n) is 7.45. The number of nitriles is 2. The summed E-state index contributed by atoms with van der Waals surface area (Å²) in [6, 6.07) is 4.50. The van der Waals surface area contributed by atoms with E-state index in [1.54, 1.807) is 0 Å². The molecule has 0 heterocycles. The Bertz CT molecular complexity index is 221. The van der Waals surface area contributed by atoms with Gasteiger partial charge in [-0.2, -0.15) is 10.5 Å². The third-order valence-electron chi connectivity index (χ3n) is 2.99. The zero-order chi connectivity index (χ0) is 8.97. The van der Waals surface area contributed by atoms with Crippen LogP contribution in [0.2, 0.25) is 0 Å². The maximum atomic E-state index is 8.82. The topological polar surface area (TPSA) is 47.6 Å². The molecular formula is C10H14N2. The van der Waals surface area contributed by atoms with Gasteiger partial charge in [0.1, 0.15) is 0 Å². The molecule has 3 unspecified atom stereocenters. The fraction of sp³-hybridized carbons (Fsp3) is 0.800. The van der Waals surface area contributed by atoms with Crippen molar-refractivity contribution in [2.24, 2.45) is 17.8 Å². The summed E-state index contributed by atoms with van der Waals surface area (Å²) in [6.45, 7) is 2.15. The molecule has 0 bridgehead atoms. The highest BCUT2D eigenvalue weighted by Gasteiger charge is 2.34. The highest BCUT2D eigenvalue weighted by Crippen LogP contribution is 2.40. The van der Waals surface area contributed by atoms with Crippen molar-refractivity contribution >= 4 is 0 Å². The van der Waals surface area contributed by atoms with Gasteiger partial charge in [0, 0.05) is 6.42 Å². The smallest absolute Gasteiger partial charge is 0.0659 e. The van der Waals surface area contributed by atoms with Crippen molar-refractivity contribution in [2.75, 3.05) is 0 Å². The van der Waals surface area contributed by atoms with Crippen LogP contribution < -0.4 is 0 Å². The molecule has 1 aliphatic rings. The van der Waals surface area contributed by atoms with Crippen LogP contribution >= 0.6 is 0 Å². The lowest BCUT2D eigenvalue weighted by Gasteiger charge is -2.16. The van der Waals surface area contributed by atoms with E-state index in [9.17, 15) is 0 Å². The lowest BCUT2D eigenvalue weighted by molar-refractivity contribution is 0.349. The van der Waals surface area contributed by atoms with Crippen molar-refractivity contribution < 1.29 is 0 Å². The fourth-order valence-corrected chi connectivity index (χ4v) is 2.23. The molecule has 0 aliphatic heterocycles. The van der Waals surface area contributed by atoms with Crippen molar-refractivity contribution in [1.82, 2.24) is 0 Å². The summed E-state index contributed by atoms with van der Waals surface area (Å²) >= 11 is 0. The second-order valence-electron chi connectivity index (χ2n) is 3.51. The van der Waals surface area contributed by atoms with Gasteiger partial charge >= 0.3 is 0 Å². The maximum Gasteiger partial charge on any atom is 0.0659 e. The summed E-state index contributed by atoms with van der Waals surface area (Å²) in [5.74, 6) is 1.12. The van der Waals surface area contributed by atoms with Crippen LogP contribution in [0.25, 0.3) is 0 Å². The van der Waals surface area contributed by atoms with Crippen LogP contribution in [-0.2, 0) is 0 Å². The number of hydrogen-bond acceptors (Lipinski definition) is 2. The van der Waals surface area contributed by atoms with Crippen molar-refractivity contribution in [3.8, 4) is 12.1 Å². The SMILES string of the molecule is CCC1CCC(C#N)C1CC#N. The van der Waals surface area contributed by atoms with Crippen LogP contribution in [0.4, 0.5) is 0 Å². The third kappa shape index (κ3) is 1.59. The highest BCUT2D eigenvalue weighted by atomic mass is 14.4. The quantitative estimate of drug-likeness (QED) is 0.626. The number of rotatable bonds is 2. The molecule has 0 spiro atoms. The molecule has 12 heavy (non-hydrogen) atoms. The van der Waals surface area contributed by atoms with E-state index in [1.165, 1.54) is 0 Å². The normalized spacial score (nSPS) is 34.1. The Morgan fingerprint density at radius 2 is 2.08 bits per heavy atom. The van der Waals surface area contributed by atoms with E-state index in [-0.39, 0.29) is 5.92 Å². The Balaban J connectivity index is 2.61. The largest absolute Gasteiger partial charge is 0.198 e. The van der Waals surface area contributed by atoms with Crippen LogP contribution in [0.3, 0.4) is 0 Å². The first kappa shape index (κ1) is 9.07. The van der Waals surface area contributed by atoms with E-state index in [2.05, 4.69) is 19.1 Å². The molecule has 1 saturated carbocycles. The molecule has 0 aromatic heterocycles. The first-order chi connectivity index (χ1) is 5.83. The third-order valence-corrected chi connectivity index (χ3v) is 2.99. The molecule has 1 aliphatic carbocycles. The lowest BCUT2D eigenvalue weighted by atomic mass is 9.86. The molecular weight excluding hydrogens is 148 g/mol. The van der Waals surface area contributed by atoms with Crippen LogP contribution in [0.15, 0.2) is 0 Å². The summed E-state index contributed by atoms with van der Waals surface area (Å²) in [6.07, 6.45) is 3.82. The van der Waals surface area contributed by atoms with Gasteiger partial charge in [0.15, 0.2) is 0 Å². The van der Waals surface area contributed by atoms with E-state index in [1.807, 2.05) is 0 Å². The van der Waals surface area contributed by atoms with E-state index in [0.717, 1.165) is 19.3 Å². The summed E-state index contributed by atoms with van der Waals surface area (Å²) in [4.78, 5) is 0. The molecule has 0 N–H and O–H groups in total. The van der Waals surface area contributed by atoms with Crippen LogP contribution in [-0.4, -0.2) is 0 Å². The monoisotopic (exact) mass is 162 g/mol. The van der Waals surface area contributed by atoms with Crippen molar-refractivity contribution in [3.63, 3.8) is 0 Å². The summed E-state index contributed by atoms with van der Waals surface area (Å²) < 4.78 is 0. The maximum absolute atomic E-state index is 8.82. The predicted molar refractivity (Wildman–Crippen MR) is 45.8 cm³/mol. The minimum atomic E-state index is 0.148. The Morgan fingerprint density at radius 1 is 1.33 bits per heavy atom. The second kappa shape index (κ2) is 4.12. The standard InChI is InChI=1S/C10H14N2/c1-2-8-3-4-9(7-12)10(8)5-6-11/h8-10H,2-5H2,1H3. The molecule has 1 rings (SSSR count). The Kier molecular flexibility index (Phi) is 3.11. The molecule has 0 amide bonds. The minimum absolute atomic E-state index is 0.148. The highest BCUT2D eigenvalue weighted by molar-refractivity contribution is 4.98. The van der Waals surface area contributed by atoms with Gasteiger partial charge in [-0.1, -0.05) is 13.3 Å². The van der Waals surface area contributed by atoms with Gasteiger partial charge < -0.3 is 0 Å². The predicted octanol–water partition coefficient (Wildman–Crippen LogP) is 2.48. The van der Waals surface area contributed by atoms with Crippen LogP contribution in [0, 0.1) is 40.4 Å². The minimum Gasteiger partial charge on any atom is -0.198 e. The van der Waals surface area contributed by atoms with E-state index < -0.39 is 0 Å². The summed E-state index contributed by atoms with van der Waals surface area (Å²) in [5.41, 5.74) is 0. The number of nitrogens with zero attached hydrogens (tertiary/aromatic N) is 2. The molecule has 1 fully saturated rings. The van der Waals surface area contributed by atoms with Crippen LogP contribution in [0.1, 0.15) is 32.6 Å². The van der Waals surface area contributed by atoms with Crippen LogP contribution in [0.5, 0.6) is 0 Å². The van der Waals surface area contributed by atoms with Gasteiger partial charge in [0.05, 0.1) is 18.1 Å². The molecule has 64 valence electrons. The van der Waals surface area contributed by atoms with Crippen molar-refractivity contribution in [2.45, 2.75) is 32.6 Å². The van der Waals surface area contributed by atoms with Gasteiger partial charge in [0.25, 0.3) is 0 Å². The first-order valence-electron chi connectivity index (χ1n) is 4.60. The van der Waals surface area contributed by atoms with Gasteiger partial charge in [-0.05, 0) is 24.7 Å². The zero-order valence-corrected chi connectivity index (χ0v) is 7.45. The molecule has 3 atom stereocenters. The fourth-order valence-electron chi connectivity index (χ4n) is 2.23. The average Bonchev–Trinajstić information content (AvgIpc) is 2.48. The van der Waals surface area contributed by atoms with Gasteiger partial charge in [0.2, 0.25) is 0 Å². The first-order valence-corrected chi connectivity index (χ1v) is 4.60. The van der Waals surface area contributed by atoms with Gasteiger partial charge in [-0.3, -0.25) is 0 Å². The Morgan fingerprint density at radius 3 is 2.58 bits per heavy atom. The van der Waals surface area contributed by atoms with Gasteiger partial charge in [-0.15, -0.1) is 0 Å². The summed E-state index contributed by atoms with van der Waals surface area (Å²) in [5, 5.41) is 17.4. The van der Waals surface area contributed by atoms with E-state index in [4.69, 9.17) is 10.5 Å². The molecule has 2 nitrogen and oxygen atoms in total. The Hall–Kier alpha value is -1.02. The molecule has 0 aromatic rings. The molecule has 0 radical (unpaired) electrons. The van der Waals surface area contributed by atoms with Crippen molar-refractivity contribution in [3.05, 3.63) is 0 Å². The number of hydrogen-bond donors (Lipinski definition) is 0. The molecule has 0 saturated heterocycles. The van der Waals surface area contributed by atoms with E-state index >= 15 is 0 Å². The molecule has 2 heteroatoms. The summed E-state index contributed by atoms with van der Waals surface area (Å²) in [7, 11) is 0. The average molecular weight is 162 g/mol. The van der Waals surface area contributed by atoms with Crippen molar-refractivity contribution in [1.29, 1.82) is 10.5 Å². The van der Waals surface area contributed by atoms with E-state index in [0.29, 0.717) is 18.3 Å². The molecule has 0 aromatic carbocycles. The Labute approximate surface area is 73.8 Å². The lowest BCUT2D eigenvalue weighted by Crippen LogP contribution is -2.12. The second-order valence-corrected chi connectivity index (χ2v) is 3.51. The van der Waals surface area contributed by atoms with Gasteiger partial charge in [-0.25, -0.2) is 0 Å².